The van der Waals surface area contributed by atoms with Crippen molar-refractivity contribution in [1.82, 2.24) is 10.9 Å². The van der Waals surface area contributed by atoms with Crippen molar-refractivity contribution < 1.29 is 4.79 Å². The van der Waals surface area contributed by atoms with Crippen molar-refractivity contribution in [3.63, 3.8) is 0 Å². The van der Waals surface area contributed by atoms with Crippen molar-refractivity contribution in [3.8, 4) is 10.4 Å². The summed E-state index contributed by atoms with van der Waals surface area (Å²) >= 11 is 6.53. The number of rotatable bonds is 3. The highest BCUT2D eigenvalue weighted by Crippen LogP contribution is 2.33. The Bertz CT molecular complexity index is 879. The molecule has 0 saturated heterocycles. The van der Waals surface area contributed by atoms with Gasteiger partial charge in [-0.2, -0.15) is 0 Å². The Kier molecular flexibility index (Phi) is 5.27. The SMILES string of the molecule is Nc1sc(-c2ccccc2)cc1C(=O)NNC(=S)Nc1ccccc1. The molecule has 0 saturated carbocycles. The number of nitrogen functional groups attached to an aromatic ring is 1. The van der Waals surface area contributed by atoms with E-state index in [-0.39, 0.29) is 11.0 Å². The number of para-hydroxylation sites is 1. The van der Waals surface area contributed by atoms with Crippen LogP contribution >= 0.6 is 23.6 Å². The lowest BCUT2D eigenvalue weighted by molar-refractivity contribution is 0.0945. The van der Waals surface area contributed by atoms with E-state index in [2.05, 4.69) is 16.2 Å². The number of amides is 1. The minimum absolute atomic E-state index is 0.289. The average Bonchev–Trinajstić information content (AvgIpc) is 3.03. The van der Waals surface area contributed by atoms with Gasteiger partial charge in [-0.15, -0.1) is 11.3 Å². The van der Waals surface area contributed by atoms with Crippen LogP contribution in [0, 0.1) is 0 Å². The van der Waals surface area contributed by atoms with Gasteiger partial charge in [0, 0.05) is 10.6 Å². The molecule has 0 aliphatic rings. The van der Waals surface area contributed by atoms with E-state index >= 15 is 0 Å². The number of hydrogen-bond acceptors (Lipinski definition) is 4. The van der Waals surface area contributed by atoms with Crippen LogP contribution in [0.25, 0.3) is 10.4 Å². The van der Waals surface area contributed by atoms with E-state index < -0.39 is 0 Å². The first-order valence-electron chi connectivity index (χ1n) is 7.50. The molecule has 2 aromatic carbocycles. The molecule has 0 radical (unpaired) electrons. The first-order chi connectivity index (χ1) is 12.1. The first kappa shape index (κ1) is 16.9. The van der Waals surface area contributed by atoms with Crippen LogP contribution in [0.5, 0.6) is 0 Å². The molecule has 7 heteroatoms. The van der Waals surface area contributed by atoms with E-state index in [1.54, 1.807) is 6.07 Å². The van der Waals surface area contributed by atoms with Gasteiger partial charge in [-0.3, -0.25) is 15.6 Å². The zero-order valence-corrected chi connectivity index (χ0v) is 14.8. The number of anilines is 2. The maximum atomic E-state index is 12.3. The summed E-state index contributed by atoms with van der Waals surface area (Å²) in [5.41, 5.74) is 13.5. The number of benzene rings is 2. The number of hydrogen-bond donors (Lipinski definition) is 4. The van der Waals surface area contributed by atoms with Crippen LogP contribution in [-0.2, 0) is 0 Å². The fourth-order valence-electron chi connectivity index (χ4n) is 2.19. The number of nitrogens with one attached hydrogen (secondary N) is 3. The summed E-state index contributed by atoms with van der Waals surface area (Å²) in [6.07, 6.45) is 0. The van der Waals surface area contributed by atoms with E-state index in [0.717, 1.165) is 16.1 Å². The van der Waals surface area contributed by atoms with Gasteiger partial charge in [-0.05, 0) is 36.0 Å². The third kappa shape index (κ3) is 4.34. The topological polar surface area (TPSA) is 79.2 Å². The summed E-state index contributed by atoms with van der Waals surface area (Å²) in [6.45, 7) is 0. The van der Waals surface area contributed by atoms with Gasteiger partial charge < -0.3 is 11.1 Å². The Morgan fingerprint density at radius 1 is 0.960 bits per heavy atom. The molecule has 1 aromatic heterocycles. The van der Waals surface area contributed by atoms with E-state index in [4.69, 9.17) is 18.0 Å². The van der Waals surface area contributed by atoms with Crippen molar-refractivity contribution in [2.45, 2.75) is 0 Å². The highest BCUT2D eigenvalue weighted by atomic mass is 32.1. The minimum Gasteiger partial charge on any atom is -0.390 e. The summed E-state index contributed by atoms with van der Waals surface area (Å²) in [5.74, 6) is -0.340. The van der Waals surface area contributed by atoms with Crippen LogP contribution < -0.4 is 21.9 Å². The van der Waals surface area contributed by atoms with Gasteiger partial charge in [0.1, 0.15) is 0 Å². The Hall–Kier alpha value is -2.90. The van der Waals surface area contributed by atoms with Gasteiger partial charge in [0.15, 0.2) is 5.11 Å². The maximum Gasteiger partial charge on any atom is 0.272 e. The second-order valence-electron chi connectivity index (χ2n) is 5.15. The number of thiophene rings is 1. The number of carbonyl (C=O) groups excluding carboxylic acids is 1. The number of thiocarbonyl (C=S) groups is 1. The zero-order valence-electron chi connectivity index (χ0n) is 13.2. The lowest BCUT2D eigenvalue weighted by Gasteiger charge is -2.11. The van der Waals surface area contributed by atoms with Crippen molar-refractivity contribution >= 4 is 45.3 Å². The fourth-order valence-corrected chi connectivity index (χ4v) is 3.29. The number of hydrazine groups is 1. The molecule has 0 spiro atoms. The summed E-state index contributed by atoms with van der Waals surface area (Å²) in [6, 6.07) is 21.0. The molecule has 3 aromatic rings. The second-order valence-corrected chi connectivity index (χ2v) is 6.65. The van der Waals surface area contributed by atoms with E-state index in [1.807, 2.05) is 60.7 Å². The van der Waals surface area contributed by atoms with Gasteiger partial charge in [0.05, 0.1) is 10.6 Å². The van der Waals surface area contributed by atoms with Crippen molar-refractivity contribution in [1.29, 1.82) is 0 Å². The standard InChI is InChI=1S/C18H16N4OS2/c19-16-14(11-15(25-16)12-7-3-1-4-8-12)17(23)21-22-18(24)20-13-9-5-2-6-10-13/h1-11H,19H2,(H,21,23)(H2,20,22,24). The molecule has 0 aliphatic heterocycles. The quantitative estimate of drug-likeness (QED) is 0.419. The Labute approximate surface area is 154 Å². The van der Waals surface area contributed by atoms with Crippen LogP contribution in [0.4, 0.5) is 10.7 Å². The summed E-state index contributed by atoms with van der Waals surface area (Å²) in [7, 11) is 0. The van der Waals surface area contributed by atoms with Gasteiger partial charge >= 0.3 is 0 Å². The summed E-state index contributed by atoms with van der Waals surface area (Å²) in [4.78, 5) is 13.3. The third-order valence-electron chi connectivity index (χ3n) is 3.38. The number of nitrogens with two attached hydrogens (primary N) is 1. The van der Waals surface area contributed by atoms with Crippen molar-refractivity contribution in [2.75, 3.05) is 11.1 Å². The van der Waals surface area contributed by atoms with Crippen LogP contribution in [0.1, 0.15) is 10.4 Å². The predicted molar refractivity (Wildman–Crippen MR) is 107 cm³/mol. The Balaban J connectivity index is 1.62. The van der Waals surface area contributed by atoms with Crippen molar-refractivity contribution in [3.05, 3.63) is 72.3 Å². The summed E-state index contributed by atoms with van der Waals surface area (Å²) in [5, 5.41) is 3.72. The molecule has 126 valence electrons. The predicted octanol–water partition coefficient (Wildman–Crippen LogP) is 3.63. The second kappa shape index (κ2) is 7.78. The molecule has 0 aliphatic carbocycles. The molecule has 3 rings (SSSR count). The molecular weight excluding hydrogens is 352 g/mol. The normalized spacial score (nSPS) is 10.1. The van der Waals surface area contributed by atoms with E-state index in [1.165, 1.54) is 11.3 Å². The molecule has 5 N–H and O–H groups in total. The van der Waals surface area contributed by atoms with Crippen LogP contribution in [0.15, 0.2) is 66.7 Å². The molecule has 5 nitrogen and oxygen atoms in total. The average molecular weight is 368 g/mol. The monoisotopic (exact) mass is 368 g/mol. The lowest BCUT2D eigenvalue weighted by atomic mass is 10.1. The summed E-state index contributed by atoms with van der Waals surface area (Å²) < 4.78 is 0. The fraction of sp³-hybridized carbons (Fsp3) is 0. The minimum atomic E-state index is -0.340. The lowest BCUT2D eigenvalue weighted by Crippen LogP contribution is -2.43. The maximum absolute atomic E-state index is 12.3. The van der Waals surface area contributed by atoms with Gasteiger partial charge in [-0.25, -0.2) is 0 Å². The largest absolute Gasteiger partial charge is 0.390 e. The Morgan fingerprint density at radius 2 is 1.60 bits per heavy atom. The van der Waals surface area contributed by atoms with Gasteiger partial charge in [0.25, 0.3) is 5.91 Å². The van der Waals surface area contributed by atoms with E-state index in [0.29, 0.717) is 10.6 Å². The molecule has 0 fully saturated rings. The first-order valence-corrected chi connectivity index (χ1v) is 8.73. The van der Waals surface area contributed by atoms with Gasteiger partial charge in [-0.1, -0.05) is 48.5 Å². The van der Waals surface area contributed by atoms with Crippen molar-refractivity contribution in [2.24, 2.45) is 0 Å². The molecule has 1 amide bonds. The highest BCUT2D eigenvalue weighted by molar-refractivity contribution is 7.80. The van der Waals surface area contributed by atoms with Gasteiger partial charge in [0.2, 0.25) is 0 Å². The zero-order chi connectivity index (χ0) is 17.6. The highest BCUT2D eigenvalue weighted by Gasteiger charge is 2.15. The molecule has 0 bridgehead atoms. The number of carbonyl (C=O) groups is 1. The molecule has 25 heavy (non-hydrogen) atoms. The van der Waals surface area contributed by atoms with Crippen LogP contribution in [0.2, 0.25) is 0 Å². The van der Waals surface area contributed by atoms with Crippen LogP contribution in [0.3, 0.4) is 0 Å². The Morgan fingerprint density at radius 3 is 2.28 bits per heavy atom. The smallest absolute Gasteiger partial charge is 0.272 e. The molecule has 0 atom stereocenters. The molecule has 0 unspecified atom stereocenters. The van der Waals surface area contributed by atoms with Crippen LogP contribution in [-0.4, -0.2) is 11.0 Å². The molecule has 1 heterocycles. The van der Waals surface area contributed by atoms with E-state index in [9.17, 15) is 4.79 Å². The molecular formula is C18H16N4OS2. The third-order valence-corrected chi connectivity index (χ3v) is 4.60.